The number of carbonyl (C=O) groups excluding carboxylic acids is 12. The molecule has 1 aliphatic heterocycles. The summed E-state index contributed by atoms with van der Waals surface area (Å²) >= 11 is 4.48. The van der Waals surface area contributed by atoms with Crippen LogP contribution in [0.4, 0.5) is 0 Å². The average Bonchev–Trinajstić information content (AvgIpc) is 0.707. The first kappa shape index (κ1) is 93.8. The zero-order valence-corrected chi connectivity index (χ0v) is 72.8. The normalized spacial score (nSPS) is 23.8. The molecule has 0 aliphatic carbocycles. The van der Waals surface area contributed by atoms with Crippen molar-refractivity contribution in [2.75, 3.05) is 55.9 Å². The molecular formula is C86H127BrN11O13P. The Bertz CT molecular complexity index is 3810. The van der Waals surface area contributed by atoms with Crippen LogP contribution in [0.1, 0.15) is 161 Å². The molecule has 0 radical (unpaired) electrons. The molecular weight excluding hydrogens is 1510 g/mol. The van der Waals surface area contributed by atoms with Gasteiger partial charge in [-0.1, -0.05) is 92.6 Å². The van der Waals surface area contributed by atoms with Crippen LogP contribution in [0.2, 0.25) is 0 Å². The van der Waals surface area contributed by atoms with Crippen molar-refractivity contribution in [3.63, 3.8) is 0 Å². The van der Waals surface area contributed by atoms with E-state index in [2.05, 4.69) is 79.0 Å². The molecule has 4 N–H and O–H groups in total. The van der Waals surface area contributed by atoms with Crippen molar-refractivity contribution in [2.24, 2.45) is 35.5 Å². The van der Waals surface area contributed by atoms with E-state index in [1.807, 2.05) is 116 Å². The first-order valence-corrected chi connectivity index (χ1v) is 43.6. The zero-order chi connectivity index (χ0) is 84.2. The molecule has 112 heavy (non-hydrogen) atoms. The summed E-state index contributed by atoms with van der Waals surface area (Å²) in [6, 6.07) is 25.8. The molecule has 1 saturated heterocycles. The Balaban J connectivity index is 1.76. The summed E-state index contributed by atoms with van der Waals surface area (Å²) in [7, 11) is 9.97. The second-order valence-corrected chi connectivity index (χ2v) is 40.9. The third-order valence-corrected chi connectivity index (χ3v) is 30.5. The third kappa shape index (κ3) is 23.2. The minimum atomic E-state index is -3.76. The molecule has 0 aromatic heterocycles. The molecule has 1 aliphatic rings. The minimum absolute atomic E-state index is 0.0530. The molecule has 0 bridgehead atoms. The van der Waals surface area contributed by atoms with Crippen molar-refractivity contribution in [2.45, 2.75) is 222 Å². The number of allylic oxidation sites excluding steroid dienone is 1. The SMILES string of the molecule is CC[C@@H]1NC(=O)[C@H]([C@H](OC(C)=O)[C@H](C)C/C=C\P(Br)(c2ccccc2)(c2ccccc2)c2ccccc2)N(C)C(=O)[C@H](C(C)C)N(C)C(=O)[C@H](CC(C)C)N(C)C(=O)[C@H](CC(C)C)N(C)C(=O)[C@@H](C)NC(=O)[C@H](C)NC(=O)[C@H](CC(C)C)N(C)C(=O)[C@H](C(C)c2ccccc2)NC(=O)[C@H](CC(C)C)N(C)C(=O)CN(C)C1=O. The summed E-state index contributed by atoms with van der Waals surface area (Å²) in [5.41, 5.74) is 0.668. The van der Waals surface area contributed by atoms with Gasteiger partial charge >= 0.3 is 335 Å². The fourth-order valence-corrected chi connectivity index (χ4v) is 21.7. The molecule has 1 unspecified atom stereocenters. The van der Waals surface area contributed by atoms with Crippen LogP contribution in [0.15, 0.2) is 133 Å². The van der Waals surface area contributed by atoms with E-state index in [-0.39, 0.29) is 62.2 Å². The number of halogens is 1. The molecule has 0 spiro atoms. The second kappa shape index (κ2) is 41.8. The molecule has 5 rings (SSSR count). The van der Waals surface area contributed by atoms with Crippen molar-refractivity contribution in [3.8, 4) is 0 Å². The van der Waals surface area contributed by atoms with Gasteiger partial charge in [0, 0.05) is 34.1 Å². The number of esters is 1. The number of hydrogen-bond acceptors (Lipinski definition) is 13. The Morgan fingerprint density at radius 3 is 1.29 bits per heavy atom. The number of nitrogens with one attached hydrogen (secondary N) is 4. The molecule has 1 fully saturated rings. The molecule has 4 aromatic rings. The molecule has 1 heterocycles. The van der Waals surface area contributed by atoms with E-state index in [0.29, 0.717) is 5.56 Å². The van der Waals surface area contributed by atoms with Gasteiger partial charge in [0.15, 0.2) is 0 Å². The summed E-state index contributed by atoms with van der Waals surface area (Å²) < 4.78 is 6.31. The van der Waals surface area contributed by atoms with E-state index in [4.69, 9.17) is 4.74 Å². The predicted molar refractivity (Wildman–Crippen MR) is 446 cm³/mol. The molecule has 26 heteroatoms. The van der Waals surface area contributed by atoms with Crippen LogP contribution in [0.5, 0.6) is 0 Å². The molecule has 13 atom stereocenters. The van der Waals surface area contributed by atoms with Gasteiger partial charge < -0.3 is 35.6 Å². The van der Waals surface area contributed by atoms with E-state index in [1.54, 1.807) is 65.0 Å². The maximum atomic E-state index is 16.1. The van der Waals surface area contributed by atoms with Gasteiger partial charge in [0.1, 0.15) is 36.3 Å². The fraction of sp³-hybridized carbons (Fsp3) is 0.558. The van der Waals surface area contributed by atoms with E-state index < -0.39 is 167 Å². The van der Waals surface area contributed by atoms with Crippen molar-refractivity contribution < 1.29 is 62.3 Å². The molecule has 0 saturated carbocycles. The summed E-state index contributed by atoms with van der Waals surface area (Å²) in [6.45, 7) is 27.1. The van der Waals surface area contributed by atoms with Gasteiger partial charge in [0.05, 0.1) is 0 Å². The van der Waals surface area contributed by atoms with Gasteiger partial charge in [-0.3, -0.25) is 33.6 Å². The first-order valence-electron chi connectivity index (χ1n) is 39.3. The number of nitrogens with zero attached hydrogens (tertiary/aromatic N) is 7. The average molecular weight is 1630 g/mol. The Morgan fingerprint density at radius 1 is 0.464 bits per heavy atom. The first-order chi connectivity index (χ1) is 52.5. The summed E-state index contributed by atoms with van der Waals surface area (Å²) in [4.78, 5) is 190. The van der Waals surface area contributed by atoms with Crippen LogP contribution in [0.3, 0.4) is 0 Å². The number of rotatable bonds is 21. The van der Waals surface area contributed by atoms with E-state index in [1.165, 1.54) is 94.6 Å². The third-order valence-electron chi connectivity index (χ3n) is 21.4. The Labute approximate surface area is 673 Å². The van der Waals surface area contributed by atoms with Crippen molar-refractivity contribution in [1.29, 1.82) is 0 Å². The van der Waals surface area contributed by atoms with Crippen LogP contribution < -0.4 is 37.2 Å². The van der Waals surface area contributed by atoms with Gasteiger partial charge in [0.25, 0.3) is 0 Å². The van der Waals surface area contributed by atoms with Crippen LogP contribution in [-0.2, 0) is 62.3 Å². The van der Waals surface area contributed by atoms with E-state index in [9.17, 15) is 24.0 Å². The van der Waals surface area contributed by atoms with Crippen LogP contribution >= 0.6 is 20.8 Å². The maximum absolute atomic E-state index is 16.1. The number of ether oxygens (including phenoxy) is 1. The topological polar surface area (TPSA) is 285 Å². The summed E-state index contributed by atoms with van der Waals surface area (Å²) in [6.07, 6.45) is 1.03. The summed E-state index contributed by atoms with van der Waals surface area (Å²) in [5, 5.41) is 10.5. The summed E-state index contributed by atoms with van der Waals surface area (Å²) in [5.74, 6) is -9.50. The van der Waals surface area contributed by atoms with Gasteiger partial charge in [-0.15, -0.1) is 0 Å². The van der Waals surface area contributed by atoms with Crippen LogP contribution in [0.25, 0.3) is 0 Å². The molecule has 24 nitrogen and oxygen atoms in total. The van der Waals surface area contributed by atoms with Crippen LogP contribution in [0, 0.1) is 35.5 Å². The van der Waals surface area contributed by atoms with Crippen molar-refractivity contribution >= 4 is 108 Å². The number of likely N-dealkylation sites (N-methyl/N-ethyl adjacent to an activating group) is 7. The fourth-order valence-electron chi connectivity index (χ4n) is 14.9. The Hall–Kier alpha value is -8.83. The number of carbonyl (C=O) groups is 12. The van der Waals surface area contributed by atoms with E-state index in [0.717, 1.165) is 25.7 Å². The quantitative estimate of drug-likeness (QED) is 0.0449. The zero-order valence-electron chi connectivity index (χ0n) is 70.3. The predicted octanol–water partition coefficient (Wildman–Crippen LogP) is 8.76. The van der Waals surface area contributed by atoms with Crippen molar-refractivity contribution in [1.82, 2.24) is 55.6 Å². The van der Waals surface area contributed by atoms with Crippen molar-refractivity contribution in [3.05, 3.63) is 139 Å². The number of benzene rings is 4. The van der Waals surface area contributed by atoms with Gasteiger partial charge in [-0.2, -0.15) is 0 Å². The van der Waals surface area contributed by atoms with Crippen LogP contribution in [-0.4, -0.2) is 228 Å². The standard InChI is InChI=1S/C86H127BrN11O13P/c1-24-67-82(106)92(17)52-72(100)93(18)68(48-53(2)3)79(103)91-73(59(13)63-39-29-25-30-40-63)85(109)94(19)69(49-54(4)5)78(102)88-60(14)77(101)89-61(15)81(105)95(20)70(50-55(6)7)83(107)96(21)71(51-56(8)9)84(108)97(22)74(57(10)11)86(110)98(23)75(80(104)90-67)76(111-62(16)99)58(12)38-37-47-112(87,64-41-31-26-32-42-64,65-43-33-27-34-44-65)66-45-35-28-36-46-66/h25-37,39-47,53-61,67-71,73-76H,24,38,48-52H2,1-23H3,(H,88,102)(H,89,101)(H,90,104)(H,91,103)/b47-37-/t58-,59?,60+,61-,67+,68+,69+,70+,71+,73+,74+,75+,76-/m1/s1. The van der Waals surface area contributed by atoms with E-state index >= 15 is 33.6 Å². The monoisotopic (exact) mass is 1630 g/mol. The number of hydrogen-bond donors (Lipinski definition) is 4. The van der Waals surface area contributed by atoms with Gasteiger partial charge in [0.2, 0.25) is 41.4 Å². The second-order valence-electron chi connectivity index (χ2n) is 32.5. The van der Waals surface area contributed by atoms with Gasteiger partial charge in [-0.25, -0.2) is 0 Å². The number of amides is 11. The molecule has 4 aromatic carbocycles. The molecule has 11 amide bonds. The molecule has 616 valence electrons. The Morgan fingerprint density at radius 2 is 0.857 bits per heavy atom. The Kier molecular flexibility index (Phi) is 35.0. The van der Waals surface area contributed by atoms with Gasteiger partial charge in [-0.05, 0) is 68.8 Å².